The number of allylic oxidation sites excluding steroid dienone is 1. The Morgan fingerprint density at radius 2 is 1.68 bits per heavy atom. The van der Waals surface area contributed by atoms with Crippen LogP contribution in [0.2, 0.25) is 0 Å². The quantitative estimate of drug-likeness (QED) is 0.376. The highest BCUT2D eigenvalue weighted by atomic mass is 16.2. The normalized spacial score (nSPS) is 22.6. The van der Waals surface area contributed by atoms with Crippen LogP contribution < -0.4 is 4.90 Å². The number of benzene rings is 2. The third-order valence-corrected chi connectivity index (χ3v) is 10.1. The summed E-state index contributed by atoms with van der Waals surface area (Å²) < 4.78 is 0. The Morgan fingerprint density at radius 3 is 2.48 bits per heavy atom. The van der Waals surface area contributed by atoms with Gasteiger partial charge in [0.1, 0.15) is 0 Å². The Morgan fingerprint density at radius 1 is 0.925 bits per heavy atom. The molecule has 2 aliphatic carbocycles. The maximum absolute atomic E-state index is 13.8. The minimum Gasteiger partial charge on any atom is -0.342 e. The van der Waals surface area contributed by atoms with E-state index in [1.165, 1.54) is 43.2 Å². The standard InChI is InChI=1S/C35H45N3O2/c39-33-26-30(27-37(33)23-17-28-10-3-1-4-11-28)34(40)38(31-13-5-2-6-14-31)22-9-21-36-24-19-35(20-25-36)18-16-29-12-7-8-15-32(29)35/h2,5-8,12-16,18,28,30H,1,3-4,9-11,17,19-27H2. The number of piperidine rings is 1. The fourth-order valence-electron chi connectivity index (χ4n) is 7.66. The highest BCUT2D eigenvalue weighted by molar-refractivity contribution is 5.99. The summed E-state index contributed by atoms with van der Waals surface area (Å²) >= 11 is 0. The molecule has 1 spiro atoms. The maximum Gasteiger partial charge on any atom is 0.232 e. The number of carbonyl (C=O) groups excluding carboxylic acids is 2. The second-order valence-corrected chi connectivity index (χ2v) is 12.6. The Kier molecular flexibility index (Phi) is 8.38. The van der Waals surface area contributed by atoms with Crippen LogP contribution in [-0.2, 0) is 15.0 Å². The van der Waals surface area contributed by atoms with Crippen molar-refractivity contribution in [1.29, 1.82) is 0 Å². The van der Waals surface area contributed by atoms with Crippen molar-refractivity contribution in [3.8, 4) is 0 Å². The predicted octanol–water partition coefficient (Wildman–Crippen LogP) is 6.29. The van der Waals surface area contributed by atoms with E-state index in [1.54, 1.807) is 0 Å². The molecular weight excluding hydrogens is 494 g/mol. The molecular formula is C35H45N3O2. The van der Waals surface area contributed by atoms with Crippen molar-refractivity contribution in [2.75, 3.05) is 44.2 Å². The van der Waals surface area contributed by atoms with Gasteiger partial charge in [0.25, 0.3) is 0 Å². The average Bonchev–Trinajstić information content (AvgIpc) is 3.56. The summed E-state index contributed by atoms with van der Waals surface area (Å²) in [6, 6.07) is 18.9. The Labute approximate surface area is 240 Å². The highest BCUT2D eigenvalue weighted by Gasteiger charge is 2.39. The zero-order valence-corrected chi connectivity index (χ0v) is 24.0. The topological polar surface area (TPSA) is 43.9 Å². The van der Waals surface area contributed by atoms with E-state index in [4.69, 9.17) is 0 Å². The second kappa shape index (κ2) is 12.3. The summed E-state index contributed by atoms with van der Waals surface area (Å²) in [7, 11) is 0. The van der Waals surface area contributed by atoms with Crippen LogP contribution in [0.4, 0.5) is 5.69 Å². The molecule has 1 atom stereocenters. The van der Waals surface area contributed by atoms with E-state index in [0.717, 1.165) is 63.5 Å². The van der Waals surface area contributed by atoms with Crippen molar-refractivity contribution in [2.24, 2.45) is 11.8 Å². The Bertz CT molecular complexity index is 1190. The molecule has 0 radical (unpaired) electrons. The van der Waals surface area contributed by atoms with Crippen molar-refractivity contribution >= 4 is 23.6 Å². The van der Waals surface area contributed by atoms with Crippen LogP contribution in [0.15, 0.2) is 60.7 Å². The van der Waals surface area contributed by atoms with E-state index >= 15 is 0 Å². The van der Waals surface area contributed by atoms with Crippen LogP contribution in [0.5, 0.6) is 0 Å². The maximum atomic E-state index is 13.8. The minimum absolute atomic E-state index is 0.116. The molecule has 2 saturated heterocycles. The molecule has 1 saturated carbocycles. The number of carbonyl (C=O) groups is 2. The lowest BCUT2D eigenvalue weighted by atomic mass is 9.74. The number of hydrogen-bond acceptors (Lipinski definition) is 3. The number of anilines is 1. The van der Waals surface area contributed by atoms with Crippen LogP contribution in [0, 0.1) is 11.8 Å². The van der Waals surface area contributed by atoms with Gasteiger partial charge in [-0.05, 0) is 74.5 Å². The molecule has 3 fully saturated rings. The molecule has 0 bridgehead atoms. The van der Waals surface area contributed by atoms with Gasteiger partial charge >= 0.3 is 0 Å². The molecule has 2 amide bonds. The summed E-state index contributed by atoms with van der Waals surface area (Å²) in [6.45, 7) is 5.26. The summed E-state index contributed by atoms with van der Waals surface area (Å²) in [4.78, 5) is 33.2. The fourth-order valence-corrected chi connectivity index (χ4v) is 7.66. The third kappa shape index (κ3) is 5.90. The predicted molar refractivity (Wildman–Crippen MR) is 162 cm³/mol. The van der Waals surface area contributed by atoms with Crippen molar-refractivity contribution in [2.45, 2.75) is 69.6 Å². The van der Waals surface area contributed by atoms with Gasteiger partial charge in [-0.1, -0.05) is 86.7 Å². The van der Waals surface area contributed by atoms with E-state index in [0.29, 0.717) is 19.5 Å². The number of nitrogens with zero attached hydrogens (tertiary/aromatic N) is 3. The van der Waals surface area contributed by atoms with Gasteiger partial charge in [0.15, 0.2) is 0 Å². The molecule has 2 aromatic carbocycles. The minimum atomic E-state index is -0.233. The largest absolute Gasteiger partial charge is 0.342 e. The molecule has 1 unspecified atom stereocenters. The molecule has 6 rings (SSSR count). The summed E-state index contributed by atoms with van der Waals surface area (Å²) in [5, 5.41) is 0. The molecule has 5 nitrogen and oxygen atoms in total. The van der Waals surface area contributed by atoms with Gasteiger partial charge in [-0.25, -0.2) is 0 Å². The second-order valence-electron chi connectivity index (χ2n) is 12.6. The first-order valence-electron chi connectivity index (χ1n) is 15.8. The zero-order valence-electron chi connectivity index (χ0n) is 24.0. The van der Waals surface area contributed by atoms with E-state index in [2.05, 4.69) is 41.3 Å². The van der Waals surface area contributed by atoms with Gasteiger partial charge in [-0.2, -0.15) is 0 Å². The number of likely N-dealkylation sites (tertiary alicyclic amines) is 2. The number of rotatable bonds is 9. The molecule has 5 heteroatoms. The summed E-state index contributed by atoms with van der Waals surface area (Å²) in [5.74, 6) is 0.793. The number of para-hydroxylation sites is 1. The highest BCUT2D eigenvalue weighted by Crippen LogP contribution is 2.43. The van der Waals surface area contributed by atoms with E-state index in [1.807, 2.05) is 40.1 Å². The molecule has 4 aliphatic rings. The number of hydrogen-bond donors (Lipinski definition) is 0. The first-order chi connectivity index (χ1) is 19.6. The SMILES string of the molecule is O=C1CC(C(=O)N(CCCN2CCC3(C=Cc4ccccc43)CC2)c2ccccc2)CN1CCC1CCCCC1. The Balaban J connectivity index is 1.03. The first-order valence-corrected chi connectivity index (χ1v) is 15.8. The molecule has 40 heavy (non-hydrogen) atoms. The van der Waals surface area contributed by atoms with E-state index < -0.39 is 0 Å². The Hall–Kier alpha value is -2.92. The zero-order chi connectivity index (χ0) is 27.4. The van der Waals surface area contributed by atoms with Crippen LogP contribution in [0.3, 0.4) is 0 Å². The van der Waals surface area contributed by atoms with Crippen molar-refractivity contribution in [1.82, 2.24) is 9.80 Å². The van der Waals surface area contributed by atoms with Crippen molar-refractivity contribution < 1.29 is 9.59 Å². The van der Waals surface area contributed by atoms with Crippen LogP contribution in [-0.4, -0.2) is 60.9 Å². The third-order valence-electron chi connectivity index (χ3n) is 10.1. The van der Waals surface area contributed by atoms with Gasteiger partial charge < -0.3 is 14.7 Å². The molecule has 212 valence electrons. The van der Waals surface area contributed by atoms with E-state index in [9.17, 15) is 9.59 Å². The molecule has 2 heterocycles. The summed E-state index contributed by atoms with van der Waals surface area (Å²) in [5.41, 5.74) is 4.03. The van der Waals surface area contributed by atoms with Gasteiger partial charge in [0, 0.05) is 37.2 Å². The lowest BCUT2D eigenvalue weighted by Gasteiger charge is -2.39. The van der Waals surface area contributed by atoms with Gasteiger partial charge in [0.05, 0.1) is 5.92 Å². The van der Waals surface area contributed by atoms with Crippen molar-refractivity contribution in [3.05, 3.63) is 71.8 Å². The lowest BCUT2D eigenvalue weighted by Crippen LogP contribution is -2.43. The fraction of sp³-hybridized carbons (Fsp3) is 0.543. The lowest BCUT2D eigenvalue weighted by molar-refractivity contribution is -0.128. The molecule has 0 aromatic heterocycles. The smallest absolute Gasteiger partial charge is 0.232 e. The van der Waals surface area contributed by atoms with Gasteiger partial charge in [-0.15, -0.1) is 0 Å². The number of fused-ring (bicyclic) bond motifs is 2. The van der Waals surface area contributed by atoms with Crippen LogP contribution in [0.25, 0.3) is 6.08 Å². The van der Waals surface area contributed by atoms with Gasteiger partial charge in [0.2, 0.25) is 11.8 Å². The summed E-state index contributed by atoms with van der Waals surface area (Å²) in [6.07, 6.45) is 16.1. The van der Waals surface area contributed by atoms with E-state index in [-0.39, 0.29) is 23.1 Å². The molecule has 2 aromatic rings. The first kappa shape index (κ1) is 27.3. The average molecular weight is 540 g/mol. The number of amides is 2. The van der Waals surface area contributed by atoms with Crippen molar-refractivity contribution in [3.63, 3.8) is 0 Å². The molecule has 0 N–H and O–H groups in total. The van der Waals surface area contributed by atoms with Crippen LogP contribution >= 0.6 is 0 Å². The monoisotopic (exact) mass is 539 g/mol. The van der Waals surface area contributed by atoms with Crippen LogP contribution in [0.1, 0.15) is 75.3 Å². The molecule has 2 aliphatic heterocycles. The van der Waals surface area contributed by atoms with Gasteiger partial charge in [-0.3, -0.25) is 9.59 Å².